The molecule has 0 aromatic heterocycles. The highest BCUT2D eigenvalue weighted by Crippen LogP contribution is 2.41. The van der Waals surface area contributed by atoms with Gasteiger partial charge in [-0.2, -0.15) is 30.7 Å². The zero-order valence-electron chi connectivity index (χ0n) is 21.3. The number of methoxy groups -OCH3 is 1. The maximum Gasteiger partial charge on any atom is 0.461 e. The zero-order chi connectivity index (χ0) is 30.1. The Kier molecular flexibility index (Phi) is 11.1. The molecule has 0 bridgehead atoms. The molecule has 220 valence electrons. The predicted octanol–water partition coefficient (Wildman–Crippen LogP) is 7.40. The van der Waals surface area contributed by atoms with Crippen LogP contribution in [0.1, 0.15) is 30.9 Å². The summed E-state index contributed by atoms with van der Waals surface area (Å²) in [7, 11) is 1.23. The number of nitrogens with one attached hydrogen (secondary N) is 1. The molecule has 0 heterocycles. The molecule has 1 amide bonds. The fraction of sp³-hybridized carbons (Fsp3) is 0.370. The lowest BCUT2D eigenvalue weighted by atomic mass is 9.74. The number of hydrogen-bond acceptors (Lipinski definition) is 3. The van der Waals surface area contributed by atoms with E-state index in [1.54, 1.807) is 30.3 Å². The van der Waals surface area contributed by atoms with Gasteiger partial charge in [-0.1, -0.05) is 43.3 Å². The minimum absolute atomic E-state index is 0.00155. The summed E-state index contributed by atoms with van der Waals surface area (Å²) >= 11 is 0. The smallest absolute Gasteiger partial charge is 0.461 e. The molecule has 1 aliphatic rings. The van der Waals surface area contributed by atoms with Gasteiger partial charge >= 0.3 is 18.7 Å². The van der Waals surface area contributed by atoms with Crippen LogP contribution in [0.2, 0.25) is 0 Å². The van der Waals surface area contributed by atoms with Crippen LogP contribution in [-0.2, 0) is 21.5 Å². The van der Waals surface area contributed by atoms with E-state index < -0.39 is 48.4 Å². The van der Waals surface area contributed by atoms with Crippen LogP contribution in [0.4, 0.5) is 39.5 Å². The summed E-state index contributed by atoms with van der Waals surface area (Å²) in [5, 5.41) is 2.62. The van der Waals surface area contributed by atoms with Gasteiger partial charge in [0.05, 0.1) is 12.6 Å². The summed E-state index contributed by atoms with van der Waals surface area (Å²) in [6.45, 7) is 1.08. The molecule has 2 aromatic rings. The van der Waals surface area contributed by atoms with Crippen molar-refractivity contribution in [2.24, 2.45) is 0 Å². The molecule has 1 unspecified atom stereocenters. The van der Waals surface area contributed by atoms with Gasteiger partial charge in [-0.25, -0.2) is 8.78 Å². The van der Waals surface area contributed by atoms with Gasteiger partial charge in [0.2, 0.25) is 6.41 Å². The Bertz CT molecular complexity index is 1180. The third-order valence-electron chi connectivity index (χ3n) is 5.79. The number of carbonyl (C=O) groups is 1. The van der Waals surface area contributed by atoms with Crippen LogP contribution < -0.4 is 10.1 Å². The molecule has 0 saturated heterocycles. The topological polar surface area (TPSA) is 47.6 Å². The Labute approximate surface area is 224 Å². The Hall–Kier alpha value is -3.64. The molecule has 3 rings (SSSR count). The van der Waals surface area contributed by atoms with Gasteiger partial charge in [0, 0.05) is 19.3 Å². The molecule has 0 fully saturated rings. The Balaban J connectivity index is 0.000000840. The van der Waals surface area contributed by atoms with Gasteiger partial charge in [0.15, 0.2) is 11.6 Å². The second-order valence-electron chi connectivity index (χ2n) is 8.57. The average molecular weight is 583 g/mol. The quantitative estimate of drug-likeness (QED) is 0.234. The molecule has 0 aliphatic heterocycles. The van der Waals surface area contributed by atoms with Crippen LogP contribution in [0, 0.1) is 5.82 Å². The van der Waals surface area contributed by atoms with Crippen molar-refractivity contribution in [2.45, 2.75) is 56.6 Å². The van der Waals surface area contributed by atoms with Crippen LogP contribution in [0.15, 0.2) is 72.0 Å². The van der Waals surface area contributed by atoms with E-state index >= 15 is 0 Å². The number of alkyl halides is 8. The number of benzene rings is 2. The first-order chi connectivity index (χ1) is 18.7. The summed E-state index contributed by atoms with van der Waals surface area (Å²) in [4.78, 5) is 11.7. The van der Waals surface area contributed by atoms with Crippen molar-refractivity contribution in [1.29, 1.82) is 0 Å². The van der Waals surface area contributed by atoms with Crippen LogP contribution in [-0.4, -0.2) is 38.4 Å². The van der Waals surface area contributed by atoms with Crippen LogP contribution in [0.3, 0.4) is 0 Å². The average Bonchev–Trinajstić information content (AvgIpc) is 2.88. The molecular formula is C27H26F9NO3. The van der Waals surface area contributed by atoms with E-state index in [-0.39, 0.29) is 29.7 Å². The third-order valence-corrected chi connectivity index (χ3v) is 5.79. The number of halogens is 9. The molecule has 40 heavy (non-hydrogen) atoms. The van der Waals surface area contributed by atoms with E-state index in [1.807, 2.05) is 0 Å². The van der Waals surface area contributed by atoms with E-state index in [0.717, 1.165) is 19.1 Å². The summed E-state index contributed by atoms with van der Waals surface area (Å²) in [5.74, 6) is -1.70. The van der Waals surface area contributed by atoms with Gasteiger partial charge < -0.3 is 14.8 Å². The monoisotopic (exact) mass is 583 g/mol. The van der Waals surface area contributed by atoms with Gasteiger partial charge in [0.1, 0.15) is 11.9 Å². The highest BCUT2D eigenvalue weighted by atomic mass is 19.4. The van der Waals surface area contributed by atoms with E-state index in [9.17, 15) is 44.3 Å². The minimum Gasteiger partial charge on any atom is -0.494 e. The molecular weight excluding hydrogens is 557 g/mol. The number of carbonyl (C=O) groups excluding carboxylic acids is 1. The van der Waals surface area contributed by atoms with Crippen LogP contribution in [0.25, 0.3) is 0 Å². The van der Waals surface area contributed by atoms with Gasteiger partial charge in [-0.3, -0.25) is 4.79 Å². The zero-order valence-corrected chi connectivity index (χ0v) is 21.3. The lowest BCUT2D eigenvalue weighted by Gasteiger charge is -2.39. The first-order valence-electron chi connectivity index (χ1n) is 11.7. The number of ether oxygens (including phenoxy) is 2. The van der Waals surface area contributed by atoms with E-state index in [0.29, 0.717) is 18.0 Å². The molecule has 2 atom stereocenters. The van der Waals surface area contributed by atoms with Crippen molar-refractivity contribution in [2.75, 3.05) is 7.11 Å². The Morgan fingerprint density at radius 3 is 2.23 bits per heavy atom. The molecule has 1 aliphatic carbocycles. The predicted molar refractivity (Wildman–Crippen MR) is 128 cm³/mol. The Morgan fingerprint density at radius 1 is 1.07 bits per heavy atom. The highest BCUT2D eigenvalue weighted by molar-refractivity contribution is 5.56. The van der Waals surface area contributed by atoms with E-state index in [1.165, 1.54) is 19.2 Å². The van der Waals surface area contributed by atoms with Gasteiger partial charge in [-0.05, 0) is 41.0 Å². The molecule has 1 N–H and O–H groups in total. The maximum absolute atomic E-state index is 14.7. The summed E-state index contributed by atoms with van der Waals surface area (Å²) in [6, 6.07) is 12.3. The lowest BCUT2D eigenvalue weighted by Crippen LogP contribution is -2.46. The number of hydrogen-bond donors (Lipinski definition) is 1. The second-order valence-corrected chi connectivity index (χ2v) is 8.57. The molecule has 13 heteroatoms. The van der Waals surface area contributed by atoms with Gasteiger partial charge in [0.25, 0.3) is 0 Å². The van der Waals surface area contributed by atoms with Crippen molar-refractivity contribution in [3.05, 3.63) is 89.0 Å². The molecule has 0 radical (unpaired) electrons. The normalized spacial score (nSPS) is 17.1. The fourth-order valence-corrected chi connectivity index (χ4v) is 3.84. The van der Waals surface area contributed by atoms with E-state index in [4.69, 9.17) is 4.74 Å². The van der Waals surface area contributed by atoms with Crippen molar-refractivity contribution in [1.82, 2.24) is 5.32 Å². The van der Waals surface area contributed by atoms with Crippen LogP contribution in [0.5, 0.6) is 5.75 Å². The summed E-state index contributed by atoms with van der Waals surface area (Å²) < 4.78 is 123. The van der Waals surface area contributed by atoms with Crippen molar-refractivity contribution >= 4 is 6.41 Å². The van der Waals surface area contributed by atoms with Crippen molar-refractivity contribution in [3.63, 3.8) is 0 Å². The van der Waals surface area contributed by atoms with E-state index in [2.05, 4.69) is 10.1 Å². The molecule has 2 aromatic carbocycles. The summed E-state index contributed by atoms with van der Waals surface area (Å²) in [6.07, 6.45) is -14.0. The molecule has 0 saturated carbocycles. The Morgan fingerprint density at radius 2 is 1.70 bits per heavy atom. The summed E-state index contributed by atoms with van der Waals surface area (Å²) in [5.41, 5.74) is -0.613. The number of rotatable bonds is 10. The second kappa shape index (κ2) is 13.6. The minimum atomic E-state index is -4.86. The third kappa shape index (κ3) is 8.68. The fourth-order valence-electron chi connectivity index (χ4n) is 3.84. The van der Waals surface area contributed by atoms with Gasteiger partial charge in [-0.15, -0.1) is 0 Å². The largest absolute Gasteiger partial charge is 0.494 e. The van der Waals surface area contributed by atoms with Crippen molar-refractivity contribution < 1.29 is 53.8 Å². The SMILES string of the molecule is CCC(F)(F)F.COc1cc([C@@](Cc2ccccc2)(NC=O)C2=CC(OC(F)(F)C(F)F)=CC(F)C2)ccc1F. The van der Waals surface area contributed by atoms with Crippen LogP contribution >= 0.6 is 0 Å². The van der Waals surface area contributed by atoms with Crippen molar-refractivity contribution in [3.8, 4) is 5.75 Å². The number of amides is 1. The first kappa shape index (κ1) is 32.6. The lowest BCUT2D eigenvalue weighted by molar-refractivity contribution is -0.280. The first-order valence-corrected chi connectivity index (χ1v) is 11.7. The number of allylic oxidation sites excluding steroid dienone is 2. The maximum atomic E-state index is 14.7. The molecule has 4 nitrogen and oxygen atoms in total. The molecule has 0 spiro atoms. The standard InChI is InChI=1S/C24H21F6NO3.C3H5F3/c1-33-21-11-16(7-8-20(21)26)23(31-14-32,13-15-5-3-2-4-6-15)17-9-18(25)12-19(10-17)34-24(29,30)22(27)28;1-2-3(4,5)6/h2-8,10-12,14,18,22H,9,13H2,1H3,(H,31,32);2H2,1H3/t18?,23-;/m1./s1. The highest BCUT2D eigenvalue weighted by Gasteiger charge is 2.46.